The van der Waals surface area contributed by atoms with Crippen molar-refractivity contribution in [3.8, 4) is 0 Å². The van der Waals surface area contributed by atoms with E-state index in [1.807, 2.05) is 10.3 Å². The number of nitrogens with zero attached hydrogens (tertiary/aromatic N) is 1. The SMILES string of the molecule is CCN(CC)/C(COC)=[C](\[Si](C)(C)C)[Sn]([CH3])([CH3])[CH3]. The molecule has 0 aliphatic heterocycles. The van der Waals surface area contributed by atoms with Gasteiger partial charge in [-0.15, -0.1) is 0 Å². The fourth-order valence-electron chi connectivity index (χ4n) is 3.05. The fraction of sp³-hybridized carbons (Fsp3) is 0.857. The van der Waals surface area contributed by atoms with Crippen LogP contribution in [0.1, 0.15) is 13.8 Å². The summed E-state index contributed by atoms with van der Waals surface area (Å²) in [6.45, 7) is 14.9. The molecule has 0 radical (unpaired) electrons. The fourth-order valence-corrected chi connectivity index (χ4v) is 28.8. The van der Waals surface area contributed by atoms with E-state index in [9.17, 15) is 0 Å². The molecule has 0 spiro atoms. The zero-order chi connectivity index (χ0) is 14.6. The molecule has 0 heterocycles. The van der Waals surface area contributed by atoms with Gasteiger partial charge in [0, 0.05) is 0 Å². The standard InChI is InChI=1S/C11H24NOSi.3CH3.Sn/c1-7-12(8-2)11(9-13-3)10-14(4,5)6;;;;/h7-9H2,1-6H3;3*1H3;. The first-order valence-electron chi connectivity index (χ1n) is 7.07. The van der Waals surface area contributed by atoms with Crippen LogP contribution in [0.3, 0.4) is 0 Å². The van der Waals surface area contributed by atoms with Gasteiger partial charge in [-0.1, -0.05) is 0 Å². The summed E-state index contributed by atoms with van der Waals surface area (Å²) in [5, 5.41) is 0. The van der Waals surface area contributed by atoms with Crippen LogP contribution < -0.4 is 0 Å². The van der Waals surface area contributed by atoms with E-state index in [2.05, 4.69) is 53.2 Å². The van der Waals surface area contributed by atoms with Crippen LogP contribution in [-0.4, -0.2) is 58.2 Å². The Morgan fingerprint density at radius 2 is 1.50 bits per heavy atom. The summed E-state index contributed by atoms with van der Waals surface area (Å²) in [5.41, 5.74) is 1.52. The second-order valence-electron chi connectivity index (χ2n) is 6.93. The first-order valence-corrected chi connectivity index (χ1v) is 20.6. The number of methoxy groups -OCH3 is 1. The molecule has 0 saturated heterocycles. The average Bonchev–Trinajstić information content (AvgIpc) is 2.15. The van der Waals surface area contributed by atoms with Gasteiger partial charge in [0.1, 0.15) is 0 Å². The number of likely N-dealkylation sites (N-methyl/N-ethyl adjacent to an activating group) is 1. The first-order chi connectivity index (χ1) is 8.09. The molecule has 2 nitrogen and oxygen atoms in total. The Hall–Kier alpha value is 0.516. The minimum absolute atomic E-state index is 0.787. The summed E-state index contributed by atoms with van der Waals surface area (Å²) in [6, 6.07) is 0. The zero-order valence-corrected chi connectivity index (χ0v) is 17.8. The molecule has 0 aromatic carbocycles. The van der Waals surface area contributed by atoms with E-state index in [0.29, 0.717) is 0 Å². The molecular weight excluding hydrogens is 345 g/mol. The van der Waals surface area contributed by atoms with Crippen molar-refractivity contribution in [2.45, 2.75) is 48.3 Å². The van der Waals surface area contributed by atoms with Gasteiger partial charge >= 0.3 is 120 Å². The molecule has 0 atom stereocenters. The molecule has 4 heteroatoms. The Kier molecular flexibility index (Phi) is 7.55. The van der Waals surface area contributed by atoms with Crippen LogP contribution in [0.5, 0.6) is 0 Å². The summed E-state index contributed by atoms with van der Waals surface area (Å²) in [6.07, 6.45) is 0. The van der Waals surface area contributed by atoms with Crippen molar-refractivity contribution < 1.29 is 4.74 Å². The van der Waals surface area contributed by atoms with Crippen molar-refractivity contribution in [2.24, 2.45) is 0 Å². The van der Waals surface area contributed by atoms with E-state index < -0.39 is 26.5 Å². The summed E-state index contributed by atoms with van der Waals surface area (Å²) in [4.78, 5) is 10.1. The van der Waals surface area contributed by atoms with Crippen molar-refractivity contribution in [3.63, 3.8) is 0 Å². The predicted octanol–water partition coefficient (Wildman–Crippen LogP) is 3.98. The zero-order valence-electron chi connectivity index (χ0n) is 14.0. The van der Waals surface area contributed by atoms with Gasteiger partial charge in [-0.3, -0.25) is 0 Å². The first kappa shape index (κ1) is 18.5. The van der Waals surface area contributed by atoms with Gasteiger partial charge in [0.2, 0.25) is 0 Å². The van der Waals surface area contributed by atoms with Gasteiger partial charge in [-0.25, -0.2) is 0 Å². The third kappa shape index (κ3) is 5.25. The van der Waals surface area contributed by atoms with Crippen molar-refractivity contribution >= 4 is 26.5 Å². The predicted molar refractivity (Wildman–Crippen MR) is 88.5 cm³/mol. The number of ether oxygens (including phenoxy) is 1. The van der Waals surface area contributed by atoms with Gasteiger partial charge in [0.25, 0.3) is 0 Å². The van der Waals surface area contributed by atoms with Crippen molar-refractivity contribution in [2.75, 3.05) is 26.8 Å². The number of hydrogen-bond donors (Lipinski definition) is 0. The molecule has 18 heavy (non-hydrogen) atoms. The second-order valence-corrected chi connectivity index (χ2v) is 27.6. The van der Waals surface area contributed by atoms with Gasteiger partial charge in [-0.05, 0) is 0 Å². The van der Waals surface area contributed by atoms with Crippen LogP contribution in [0.2, 0.25) is 34.5 Å². The Balaban J connectivity index is 5.86. The molecule has 0 fully saturated rings. The summed E-state index contributed by atoms with van der Waals surface area (Å²) in [7, 11) is 0.557. The number of rotatable bonds is 7. The molecule has 0 aliphatic rings. The average molecular weight is 378 g/mol. The Bertz CT molecular complexity index is 269. The van der Waals surface area contributed by atoms with Crippen LogP contribution in [-0.2, 0) is 4.74 Å². The molecule has 0 bridgehead atoms. The van der Waals surface area contributed by atoms with Crippen LogP contribution >= 0.6 is 0 Å². The summed E-state index contributed by atoms with van der Waals surface area (Å²) in [5.74, 6) is 0. The molecule has 0 N–H and O–H groups in total. The maximum atomic E-state index is 5.52. The Morgan fingerprint density at radius 3 is 1.72 bits per heavy atom. The molecule has 108 valence electrons. The van der Waals surface area contributed by atoms with Crippen LogP contribution in [0.15, 0.2) is 8.91 Å². The quantitative estimate of drug-likeness (QED) is 0.622. The third-order valence-corrected chi connectivity index (χ3v) is 21.6. The molecule has 0 rings (SSSR count). The molecule has 0 unspecified atom stereocenters. The molecular formula is C14H33NOSiSn. The van der Waals surface area contributed by atoms with Gasteiger partial charge in [0.05, 0.1) is 0 Å². The molecule has 0 aromatic rings. The van der Waals surface area contributed by atoms with E-state index in [1.165, 1.54) is 5.70 Å². The third-order valence-electron chi connectivity index (χ3n) is 3.21. The van der Waals surface area contributed by atoms with Crippen molar-refractivity contribution in [1.82, 2.24) is 4.90 Å². The van der Waals surface area contributed by atoms with Crippen LogP contribution in [0.4, 0.5) is 0 Å². The second kappa shape index (κ2) is 7.34. The minimum atomic E-state index is -2.08. The molecule has 0 amide bonds. The maximum absolute atomic E-state index is 5.52. The molecule has 0 saturated carbocycles. The van der Waals surface area contributed by atoms with Crippen molar-refractivity contribution in [3.05, 3.63) is 8.91 Å². The van der Waals surface area contributed by atoms with Crippen LogP contribution in [0.25, 0.3) is 0 Å². The van der Waals surface area contributed by atoms with Crippen LogP contribution in [0, 0.1) is 0 Å². The summed E-state index contributed by atoms with van der Waals surface area (Å²) < 4.78 is 7.37. The molecule has 0 aromatic heterocycles. The summed E-state index contributed by atoms with van der Waals surface area (Å²) >= 11 is -2.08. The number of hydrogen-bond acceptors (Lipinski definition) is 2. The van der Waals surface area contributed by atoms with E-state index in [4.69, 9.17) is 4.74 Å². The Labute approximate surface area is 120 Å². The Morgan fingerprint density at radius 1 is 1.06 bits per heavy atom. The van der Waals surface area contributed by atoms with E-state index in [1.54, 1.807) is 0 Å². The van der Waals surface area contributed by atoms with Gasteiger partial charge in [0.15, 0.2) is 0 Å². The topological polar surface area (TPSA) is 12.5 Å². The molecule has 0 aliphatic carbocycles. The normalized spacial score (nSPS) is 14.5. The van der Waals surface area contributed by atoms with Crippen molar-refractivity contribution in [1.29, 1.82) is 0 Å². The van der Waals surface area contributed by atoms with E-state index >= 15 is 0 Å². The van der Waals surface area contributed by atoms with E-state index in [0.717, 1.165) is 19.7 Å². The monoisotopic (exact) mass is 379 g/mol. The van der Waals surface area contributed by atoms with Gasteiger partial charge < -0.3 is 0 Å². The van der Waals surface area contributed by atoms with Gasteiger partial charge in [-0.2, -0.15) is 0 Å². The van der Waals surface area contributed by atoms with E-state index in [-0.39, 0.29) is 0 Å².